The lowest BCUT2D eigenvalue weighted by Crippen LogP contribution is -2.55. The molecule has 7 nitrogen and oxygen atoms in total. The molecule has 0 saturated heterocycles. The van der Waals surface area contributed by atoms with Crippen LogP contribution in [0.5, 0.6) is 5.75 Å². The maximum Gasteiger partial charge on any atom is 0.326 e. The molecule has 54 heavy (non-hydrogen) atoms. The van der Waals surface area contributed by atoms with Crippen molar-refractivity contribution in [3.8, 4) is 5.75 Å². The Morgan fingerprint density at radius 2 is 1.39 bits per heavy atom. The van der Waals surface area contributed by atoms with E-state index in [1.165, 1.54) is 18.9 Å². The molecule has 1 aliphatic heterocycles. The third-order valence-corrected chi connectivity index (χ3v) is 13.4. The summed E-state index contributed by atoms with van der Waals surface area (Å²) >= 11 is 1.48. The van der Waals surface area contributed by atoms with Crippen LogP contribution in [0.2, 0.25) is 0 Å². The van der Waals surface area contributed by atoms with Crippen molar-refractivity contribution in [2.24, 2.45) is 5.41 Å². The first-order chi connectivity index (χ1) is 26.2. The Kier molecular flexibility index (Phi) is 12.5. The molecule has 0 unspecified atom stereocenters. The average molecular weight is 763 g/mol. The maximum absolute atomic E-state index is 14.5. The van der Waals surface area contributed by atoms with Gasteiger partial charge >= 0.3 is 5.97 Å². The zero-order valence-corrected chi connectivity index (χ0v) is 33.2. The van der Waals surface area contributed by atoms with Gasteiger partial charge in [0.25, 0.3) is 0 Å². The highest BCUT2D eigenvalue weighted by molar-refractivity contribution is 7.98. The second-order valence-corrected chi connectivity index (χ2v) is 16.8. The van der Waals surface area contributed by atoms with Gasteiger partial charge in [-0.1, -0.05) is 136 Å². The Morgan fingerprint density at radius 3 is 1.87 bits per heavy atom. The van der Waals surface area contributed by atoms with Gasteiger partial charge in [-0.2, -0.15) is 0 Å². The topological polar surface area (TPSA) is 84.9 Å². The Bertz CT molecular complexity index is 2000. The number of rotatable bonds is 15. The number of para-hydroxylation sites is 1. The first-order valence-electron chi connectivity index (χ1n) is 18.6. The predicted octanol–water partition coefficient (Wildman–Crippen LogP) is 9.42. The molecule has 0 radical (unpaired) electrons. The van der Waals surface area contributed by atoms with Crippen molar-refractivity contribution in [2.45, 2.75) is 60.9 Å². The number of unbranched alkanes of at least 4 members (excludes halogenated alkanes) is 1. The van der Waals surface area contributed by atoms with Crippen LogP contribution in [-0.4, -0.2) is 52.7 Å². The van der Waals surface area contributed by atoms with Gasteiger partial charge < -0.3 is 14.4 Å². The number of fused-ring (bicyclic) bond motifs is 1. The number of hydrogen-bond donors (Lipinski definition) is 1. The fourth-order valence-corrected chi connectivity index (χ4v) is 10.4. The summed E-state index contributed by atoms with van der Waals surface area (Å²) in [6, 6.07) is 42.7. The number of hydrogen-bond acceptors (Lipinski definition) is 8. The molecule has 9 heteroatoms. The largest absolute Gasteiger partial charge is 0.490 e. The van der Waals surface area contributed by atoms with Crippen LogP contribution in [0, 0.1) is 5.41 Å². The van der Waals surface area contributed by atoms with Crippen molar-refractivity contribution in [3.05, 3.63) is 150 Å². The molecule has 2 atom stereocenters. The third kappa shape index (κ3) is 8.09. The van der Waals surface area contributed by atoms with Crippen LogP contribution in [-0.2, 0) is 24.9 Å². The van der Waals surface area contributed by atoms with Gasteiger partial charge in [0.2, 0.25) is 0 Å². The molecule has 0 saturated carbocycles. The fraction of sp³-hybridized carbons (Fsp3) is 0.311. The second kappa shape index (κ2) is 17.3. The summed E-state index contributed by atoms with van der Waals surface area (Å²) in [6.45, 7) is 4.72. The van der Waals surface area contributed by atoms with E-state index in [1.54, 1.807) is 6.07 Å². The molecule has 0 bridgehead atoms. The second-order valence-electron chi connectivity index (χ2n) is 14.0. The number of nitrogens with one attached hydrogen (secondary N) is 1. The Hall–Kier alpha value is -4.57. The Balaban J connectivity index is 1.44. The molecule has 5 aromatic carbocycles. The molecule has 0 aliphatic carbocycles. The highest BCUT2D eigenvalue weighted by atomic mass is 32.2. The standard InChI is InChI=1S/C45H50N2O5S2/c1-5-7-28-44(6-2)32-47(37-26-18-11-19-27-37)39-29-41(53-4)40(30-42(39)54(49,50)33-44)52-31-38(43(48)51-3)46-45(34-20-12-8-13-21-34,35-22-14-9-15-23-35)36-24-16-10-17-25-36/h8-27,29-30,38,46H,5-7,28,31-33H2,1-4H3/t38-,44+/m1/s1. The Morgan fingerprint density at radius 1 is 0.852 bits per heavy atom. The number of carbonyl (C=O) groups excluding carboxylic acids is 1. The number of carbonyl (C=O) groups is 1. The molecule has 282 valence electrons. The number of thioether (sulfide) groups is 1. The van der Waals surface area contributed by atoms with Gasteiger partial charge in [-0.05, 0) is 54.0 Å². The van der Waals surface area contributed by atoms with Gasteiger partial charge in [0.05, 0.1) is 33.9 Å². The normalized spacial score (nSPS) is 17.2. The van der Waals surface area contributed by atoms with Crippen LogP contribution in [0.3, 0.4) is 0 Å². The summed E-state index contributed by atoms with van der Waals surface area (Å²) in [7, 11) is -2.39. The van der Waals surface area contributed by atoms with E-state index in [2.05, 4.69) is 24.1 Å². The van der Waals surface area contributed by atoms with E-state index in [0.29, 0.717) is 18.0 Å². The van der Waals surface area contributed by atoms with Crippen LogP contribution < -0.4 is 15.0 Å². The van der Waals surface area contributed by atoms with Crippen LogP contribution in [0.15, 0.2) is 143 Å². The molecule has 0 aromatic heterocycles. The van der Waals surface area contributed by atoms with Crippen molar-refractivity contribution < 1.29 is 22.7 Å². The van der Waals surface area contributed by atoms with E-state index in [9.17, 15) is 13.2 Å². The smallest absolute Gasteiger partial charge is 0.326 e. The third-order valence-electron chi connectivity index (χ3n) is 10.6. The molecule has 6 rings (SSSR count). The van der Waals surface area contributed by atoms with Gasteiger partial charge in [0, 0.05) is 23.7 Å². The van der Waals surface area contributed by atoms with Crippen LogP contribution in [0.1, 0.15) is 56.2 Å². The van der Waals surface area contributed by atoms with Crippen molar-refractivity contribution >= 4 is 38.9 Å². The van der Waals surface area contributed by atoms with Crippen LogP contribution in [0.25, 0.3) is 0 Å². The molecular formula is C45H50N2O5S2. The van der Waals surface area contributed by atoms with Crippen LogP contribution in [0.4, 0.5) is 11.4 Å². The molecule has 0 fully saturated rings. The SMILES string of the molecule is CCCC[C@@]1(CC)CN(c2ccccc2)c2cc(SC)c(OC[C@@H](NC(c3ccccc3)(c3ccccc3)c3ccccc3)C(=O)OC)cc2S(=O)(=O)C1. The summed E-state index contributed by atoms with van der Waals surface area (Å²) in [5, 5.41) is 3.70. The fourth-order valence-electron chi connectivity index (χ4n) is 7.70. The molecule has 0 amide bonds. The average Bonchev–Trinajstić information content (AvgIpc) is 3.32. The number of methoxy groups -OCH3 is 1. The van der Waals surface area contributed by atoms with Gasteiger partial charge in [0.15, 0.2) is 9.84 Å². The highest BCUT2D eigenvalue weighted by Crippen LogP contribution is 2.47. The number of anilines is 2. The predicted molar refractivity (Wildman–Crippen MR) is 220 cm³/mol. The van der Waals surface area contributed by atoms with E-state index in [0.717, 1.165) is 53.0 Å². The monoisotopic (exact) mass is 762 g/mol. The maximum atomic E-state index is 14.5. The summed E-state index contributed by atoms with van der Waals surface area (Å²) in [5.41, 5.74) is 2.98. The van der Waals surface area contributed by atoms with Gasteiger partial charge in [-0.15, -0.1) is 11.8 Å². The van der Waals surface area contributed by atoms with Gasteiger partial charge in [-0.3, -0.25) is 10.1 Å². The quantitative estimate of drug-likeness (QED) is 0.0642. The number of nitrogens with zero attached hydrogens (tertiary/aromatic N) is 1. The van der Waals surface area contributed by atoms with Crippen molar-refractivity contribution in [1.29, 1.82) is 0 Å². The van der Waals surface area contributed by atoms with Crippen molar-refractivity contribution in [2.75, 3.05) is 37.2 Å². The molecule has 1 N–H and O–H groups in total. The molecular weight excluding hydrogens is 713 g/mol. The molecule has 1 aliphatic rings. The minimum Gasteiger partial charge on any atom is -0.490 e. The number of benzene rings is 5. The lowest BCUT2D eigenvalue weighted by molar-refractivity contribution is -0.144. The van der Waals surface area contributed by atoms with Gasteiger partial charge in [0.1, 0.15) is 18.4 Å². The number of ether oxygens (including phenoxy) is 2. The number of sulfone groups is 1. The summed E-state index contributed by atoms with van der Waals surface area (Å²) in [5.74, 6) is -0.0599. The minimum absolute atomic E-state index is 0.0466. The first-order valence-corrected chi connectivity index (χ1v) is 21.5. The van der Waals surface area contributed by atoms with E-state index in [4.69, 9.17) is 9.47 Å². The van der Waals surface area contributed by atoms with Gasteiger partial charge in [-0.25, -0.2) is 8.42 Å². The first kappa shape index (κ1) is 39.1. The summed E-state index contributed by atoms with van der Waals surface area (Å²) in [6.07, 6.45) is 5.44. The highest BCUT2D eigenvalue weighted by Gasteiger charge is 2.43. The van der Waals surface area contributed by atoms with Crippen molar-refractivity contribution in [3.63, 3.8) is 0 Å². The minimum atomic E-state index is -3.75. The van der Waals surface area contributed by atoms with Crippen molar-refractivity contribution in [1.82, 2.24) is 5.32 Å². The molecule has 1 heterocycles. The lowest BCUT2D eigenvalue weighted by atomic mass is 9.76. The zero-order valence-electron chi connectivity index (χ0n) is 31.5. The van der Waals surface area contributed by atoms with Crippen LogP contribution >= 0.6 is 11.8 Å². The summed E-state index contributed by atoms with van der Waals surface area (Å²) in [4.78, 5) is 16.9. The molecule has 0 spiro atoms. The number of esters is 1. The lowest BCUT2D eigenvalue weighted by Gasteiger charge is -2.39. The molecule has 5 aromatic rings. The summed E-state index contributed by atoms with van der Waals surface area (Å²) < 4.78 is 41.0. The zero-order chi connectivity index (χ0) is 38.2. The van der Waals surface area contributed by atoms with E-state index in [-0.39, 0.29) is 17.3 Å². The van der Waals surface area contributed by atoms with E-state index >= 15 is 0 Å². The van der Waals surface area contributed by atoms with E-state index in [1.807, 2.05) is 134 Å². The Labute approximate surface area is 325 Å². The van der Waals surface area contributed by atoms with E-state index < -0.39 is 32.8 Å².